The average Bonchev–Trinajstić information content (AvgIpc) is 2.86. The summed E-state index contributed by atoms with van der Waals surface area (Å²) in [4.78, 5) is 15.0. The number of benzene rings is 1. The zero-order valence-corrected chi connectivity index (χ0v) is 13.1. The van der Waals surface area contributed by atoms with Gasteiger partial charge in [-0.15, -0.1) is 6.58 Å². The molecule has 0 atom stereocenters. The van der Waals surface area contributed by atoms with Crippen molar-refractivity contribution in [1.29, 1.82) is 0 Å². The van der Waals surface area contributed by atoms with Crippen molar-refractivity contribution in [1.82, 2.24) is 9.71 Å². The summed E-state index contributed by atoms with van der Waals surface area (Å²) >= 11 is 0. The highest BCUT2D eigenvalue weighted by Gasteiger charge is 2.16. The number of allylic oxidation sites excluding steroid dienone is 1. The van der Waals surface area contributed by atoms with Crippen LogP contribution in [0.3, 0.4) is 0 Å². The van der Waals surface area contributed by atoms with Crippen LogP contribution in [0, 0.1) is 0 Å². The predicted octanol–water partition coefficient (Wildman–Crippen LogP) is 1.74. The van der Waals surface area contributed by atoms with E-state index in [0.29, 0.717) is 17.7 Å². The minimum Gasteiger partial charge on any atom is -0.497 e. The van der Waals surface area contributed by atoms with Gasteiger partial charge >= 0.3 is 0 Å². The molecule has 0 saturated heterocycles. The second-order valence-corrected chi connectivity index (χ2v) is 6.67. The highest BCUT2D eigenvalue weighted by atomic mass is 32.2. The molecule has 0 bridgehead atoms. The molecule has 6 nitrogen and oxygen atoms in total. The normalized spacial score (nSPS) is 11.3. The van der Waals surface area contributed by atoms with Gasteiger partial charge in [0.15, 0.2) is 0 Å². The van der Waals surface area contributed by atoms with Crippen LogP contribution in [0.5, 0.6) is 5.75 Å². The van der Waals surface area contributed by atoms with Crippen LogP contribution in [0.1, 0.15) is 12.0 Å². The van der Waals surface area contributed by atoms with Crippen molar-refractivity contribution in [3.63, 3.8) is 0 Å². The van der Waals surface area contributed by atoms with E-state index in [4.69, 9.17) is 4.74 Å². The Kier molecular flexibility index (Phi) is 4.87. The molecule has 1 amide bonds. The van der Waals surface area contributed by atoms with E-state index in [1.165, 1.54) is 6.08 Å². The maximum Gasteiger partial charge on any atom is 0.237 e. The highest BCUT2D eigenvalue weighted by molar-refractivity contribution is 7.90. The Morgan fingerprint density at radius 2 is 2.23 bits per heavy atom. The number of ether oxygens (including phenoxy) is 1. The van der Waals surface area contributed by atoms with Gasteiger partial charge in [0.2, 0.25) is 15.9 Å². The number of aromatic nitrogens is 1. The second-order valence-electron chi connectivity index (χ2n) is 4.82. The molecule has 1 aromatic carbocycles. The maximum absolute atomic E-state index is 11.9. The third-order valence-electron chi connectivity index (χ3n) is 3.19. The largest absolute Gasteiger partial charge is 0.497 e. The van der Waals surface area contributed by atoms with Gasteiger partial charge in [-0.25, -0.2) is 8.42 Å². The molecule has 22 heavy (non-hydrogen) atoms. The molecule has 1 aromatic heterocycles. The molecule has 0 aliphatic heterocycles. The molecular formula is C15H18N2O4S. The van der Waals surface area contributed by atoms with Gasteiger partial charge in [0.1, 0.15) is 5.75 Å². The zero-order valence-electron chi connectivity index (χ0n) is 12.3. The van der Waals surface area contributed by atoms with Crippen LogP contribution in [-0.2, 0) is 21.2 Å². The Morgan fingerprint density at radius 3 is 2.91 bits per heavy atom. The number of aromatic amines is 1. The number of nitrogens with one attached hydrogen (secondary N) is 2. The molecule has 0 aliphatic rings. The van der Waals surface area contributed by atoms with E-state index >= 15 is 0 Å². The fraction of sp³-hybridized carbons (Fsp3) is 0.267. The van der Waals surface area contributed by atoms with Crippen molar-refractivity contribution in [2.75, 3.05) is 12.9 Å². The van der Waals surface area contributed by atoms with Crippen molar-refractivity contribution in [3.05, 3.63) is 42.6 Å². The zero-order chi connectivity index (χ0) is 16.2. The lowest BCUT2D eigenvalue weighted by Gasteiger charge is -2.05. The Labute approximate surface area is 129 Å². The van der Waals surface area contributed by atoms with Crippen LogP contribution < -0.4 is 9.46 Å². The minimum absolute atomic E-state index is 0.0273. The summed E-state index contributed by atoms with van der Waals surface area (Å²) < 4.78 is 30.6. The first-order valence-corrected chi connectivity index (χ1v) is 8.38. The van der Waals surface area contributed by atoms with Crippen molar-refractivity contribution in [2.24, 2.45) is 0 Å². The first-order valence-electron chi connectivity index (χ1n) is 6.73. The summed E-state index contributed by atoms with van der Waals surface area (Å²) in [6.45, 7) is 3.46. The number of fused-ring (bicyclic) bond motifs is 1. The van der Waals surface area contributed by atoms with Gasteiger partial charge in [0.25, 0.3) is 0 Å². The fourth-order valence-corrected chi connectivity index (χ4v) is 3.10. The summed E-state index contributed by atoms with van der Waals surface area (Å²) in [5.74, 6) is -0.0376. The van der Waals surface area contributed by atoms with Crippen LogP contribution in [0.2, 0.25) is 0 Å². The quantitative estimate of drug-likeness (QED) is 0.760. The number of sulfonamides is 1. The molecule has 2 rings (SSSR count). The Balaban J connectivity index is 2.13. The van der Waals surface area contributed by atoms with Crippen LogP contribution in [0.15, 0.2) is 37.1 Å². The Bertz CT molecular complexity index is 793. The summed E-state index contributed by atoms with van der Waals surface area (Å²) in [6.07, 6.45) is 3.46. The van der Waals surface area contributed by atoms with E-state index in [9.17, 15) is 13.2 Å². The van der Waals surface area contributed by atoms with E-state index in [1.54, 1.807) is 19.4 Å². The number of amides is 1. The lowest BCUT2D eigenvalue weighted by molar-refractivity contribution is -0.118. The van der Waals surface area contributed by atoms with E-state index in [0.717, 1.165) is 10.9 Å². The molecule has 2 N–H and O–H groups in total. The standard InChI is InChI=1S/C15H18N2O4S/c1-3-4-7-22(19,20)17-15(18)8-11-10-16-14-6-5-12(21-2)9-13(11)14/h3,5-6,9-10,16H,1,4,7-8H2,2H3,(H,17,18). The van der Waals surface area contributed by atoms with Crippen LogP contribution in [0.25, 0.3) is 10.9 Å². The lowest BCUT2D eigenvalue weighted by atomic mass is 10.1. The minimum atomic E-state index is -3.62. The number of hydrogen-bond acceptors (Lipinski definition) is 4. The average molecular weight is 322 g/mol. The van der Waals surface area contributed by atoms with Gasteiger partial charge in [-0.05, 0) is 30.2 Å². The van der Waals surface area contributed by atoms with Crippen molar-refractivity contribution in [3.8, 4) is 5.75 Å². The monoisotopic (exact) mass is 322 g/mol. The second kappa shape index (κ2) is 6.65. The van der Waals surface area contributed by atoms with Crippen molar-refractivity contribution >= 4 is 26.8 Å². The van der Waals surface area contributed by atoms with E-state index < -0.39 is 15.9 Å². The Hall–Kier alpha value is -2.28. The Morgan fingerprint density at radius 1 is 1.45 bits per heavy atom. The molecule has 0 aliphatic carbocycles. The molecule has 0 saturated carbocycles. The first kappa shape index (κ1) is 16.1. The molecule has 0 spiro atoms. The van der Waals surface area contributed by atoms with Gasteiger partial charge in [-0.3, -0.25) is 9.52 Å². The number of carbonyl (C=O) groups excluding carboxylic acids is 1. The van der Waals surface area contributed by atoms with Crippen molar-refractivity contribution in [2.45, 2.75) is 12.8 Å². The first-order chi connectivity index (χ1) is 10.4. The summed E-state index contributed by atoms with van der Waals surface area (Å²) in [6, 6.07) is 5.46. The summed E-state index contributed by atoms with van der Waals surface area (Å²) in [5, 5.41) is 0.831. The maximum atomic E-state index is 11.9. The smallest absolute Gasteiger partial charge is 0.237 e. The molecule has 0 unspecified atom stereocenters. The molecule has 7 heteroatoms. The molecule has 0 fully saturated rings. The number of rotatable bonds is 7. The molecule has 118 valence electrons. The third-order valence-corrected chi connectivity index (χ3v) is 4.50. The molecule has 2 aromatic rings. The van der Waals surface area contributed by atoms with Gasteiger partial charge in [0, 0.05) is 17.1 Å². The summed E-state index contributed by atoms with van der Waals surface area (Å²) in [5.41, 5.74) is 1.57. The number of H-pyrrole nitrogens is 1. The van der Waals surface area contributed by atoms with Crippen LogP contribution in [0.4, 0.5) is 0 Å². The van der Waals surface area contributed by atoms with E-state index in [-0.39, 0.29) is 12.2 Å². The van der Waals surface area contributed by atoms with Gasteiger partial charge in [0.05, 0.1) is 19.3 Å². The fourth-order valence-electron chi connectivity index (χ4n) is 2.10. The summed E-state index contributed by atoms with van der Waals surface area (Å²) in [7, 11) is -2.06. The number of methoxy groups -OCH3 is 1. The van der Waals surface area contributed by atoms with Gasteiger partial charge in [-0.2, -0.15) is 0 Å². The SMILES string of the molecule is C=CCCS(=O)(=O)NC(=O)Cc1c[nH]c2ccc(OC)cc12. The van der Waals surface area contributed by atoms with Crippen LogP contribution >= 0.6 is 0 Å². The number of hydrogen-bond donors (Lipinski definition) is 2. The molecule has 0 radical (unpaired) electrons. The lowest BCUT2D eigenvalue weighted by Crippen LogP contribution is -2.33. The van der Waals surface area contributed by atoms with E-state index in [2.05, 4.69) is 16.3 Å². The number of carbonyl (C=O) groups is 1. The van der Waals surface area contributed by atoms with E-state index in [1.807, 2.05) is 12.1 Å². The molecular weight excluding hydrogens is 304 g/mol. The predicted molar refractivity (Wildman–Crippen MR) is 85.3 cm³/mol. The van der Waals surface area contributed by atoms with Gasteiger partial charge < -0.3 is 9.72 Å². The molecule has 1 heterocycles. The van der Waals surface area contributed by atoms with Crippen LogP contribution in [-0.4, -0.2) is 32.2 Å². The van der Waals surface area contributed by atoms with Crippen molar-refractivity contribution < 1.29 is 17.9 Å². The topological polar surface area (TPSA) is 88.3 Å². The third kappa shape index (κ3) is 3.88. The van der Waals surface area contributed by atoms with Gasteiger partial charge in [-0.1, -0.05) is 6.08 Å². The highest BCUT2D eigenvalue weighted by Crippen LogP contribution is 2.23.